The number of carbonyl (C=O) groups excluding carboxylic acids is 2. The van der Waals surface area contributed by atoms with Crippen molar-refractivity contribution >= 4 is 23.7 Å². The molecule has 2 N–H and O–H groups in total. The highest BCUT2D eigenvalue weighted by Gasteiger charge is 2.06. The normalized spacial score (nSPS) is 10.5. The van der Waals surface area contributed by atoms with Crippen LogP contribution in [-0.4, -0.2) is 25.1 Å². The van der Waals surface area contributed by atoms with Gasteiger partial charge < -0.3 is 14.8 Å². The van der Waals surface area contributed by atoms with E-state index in [0.29, 0.717) is 12.3 Å². The molecule has 7 heteroatoms. The Kier molecular flexibility index (Phi) is 8.39. The average molecular weight is 431 g/mol. The molecule has 0 aromatic heterocycles. The van der Waals surface area contributed by atoms with Crippen LogP contribution in [0.15, 0.2) is 84.0 Å². The Bertz CT molecular complexity index is 1030. The van der Waals surface area contributed by atoms with Crippen molar-refractivity contribution in [3.8, 4) is 11.5 Å². The molecule has 0 bridgehead atoms. The highest BCUT2D eigenvalue weighted by atomic mass is 16.5. The van der Waals surface area contributed by atoms with Crippen molar-refractivity contribution in [3.05, 3.63) is 90.0 Å². The molecule has 0 atom stereocenters. The maximum absolute atomic E-state index is 11.9. The summed E-state index contributed by atoms with van der Waals surface area (Å²) < 4.78 is 10.9. The summed E-state index contributed by atoms with van der Waals surface area (Å²) in [6, 6.07) is 24.1. The van der Waals surface area contributed by atoms with Crippen molar-refractivity contribution in [1.82, 2.24) is 5.43 Å². The van der Waals surface area contributed by atoms with E-state index in [9.17, 15) is 9.59 Å². The Morgan fingerprint density at radius 2 is 1.50 bits per heavy atom. The van der Waals surface area contributed by atoms with E-state index in [4.69, 9.17) is 9.47 Å². The SMILES string of the molecule is COc1ccc(COc2ccc(C=NNC(=O)CCC(=O)Nc3ccccc3)cc2)cc1. The molecule has 164 valence electrons. The second-order valence-corrected chi connectivity index (χ2v) is 6.91. The molecule has 0 saturated carbocycles. The molecule has 32 heavy (non-hydrogen) atoms. The lowest BCUT2D eigenvalue weighted by molar-refractivity contribution is -0.124. The molecule has 0 aliphatic carbocycles. The number of rotatable bonds is 10. The molecule has 0 aliphatic heterocycles. The third-order valence-electron chi connectivity index (χ3n) is 4.48. The molecule has 3 aromatic carbocycles. The fourth-order valence-electron chi connectivity index (χ4n) is 2.75. The van der Waals surface area contributed by atoms with Gasteiger partial charge >= 0.3 is 0 Å². The first-order valence-electron chi connectivity index (χ1n) is 10.1. The smallest absolute Gasteiger partial charge is 0.240 e. The zero-order valence-corrected chi connectivity index (χ0v) is 17.8. The van der Waals surface area contributed by atoms with Gasteiger partial charge in [-0.05, 0) is 59.7 Å². The molecule has 0 aliphatic rings. The molecule has 2 amide bonds. The first kappa shape index (κ1) is 22.6. The van der Waals surface area contributed by atoms with E-state index < -0.39 is 0 Å². The first-order chi connectivity index (χ1) is 15.6. The minimum Gasteiger partial charge on any atom is -0.497 e. The van der Waals surface area contributed by atoms with Crippen LogP contribution in [0.4, 0.5) is 5.69 Å². The van der Waals surface area contributed by atoms with E-state index >= 15 is 0 Å². The van der Waals surface area contributed by atoms with Gasteiger partial charge in [0.05, 0.1) is 13.3 Å². The van der Waals surface area contributed by atoms with Gasteiger partial charge in [-0.25, -0.2) is 5.43 Å². The number of nitrogens with one attached hydrogen (secondary N) is 2. The topological polar surface area (TPSA) is 89.0 Å². The number of carbonyl (C=O) groups is 2. The van der Waals surface area contributed by atoms with E-state index in [2.05, 4.69) is 15.8 Å². The summed E-state index contributed by atoms with van der Waals surface area (Å²) in [6.07, 6.45) is 1.67. The van der Waals surface area contributed by atoms with E-state index in [1.165, 1.54) is 6.21 Å². The van der Waals surface area contributed by atoms with Crippen molar-refractivity contribution in [2.75, 3.05) is 12.4 Å². The molecule has 0 saturated heterocycles. The molecule has 0 fully saturated rings. The van der Waals surface area contributed by atoms with E-state index in [1.54, 1.807) is 19.2 Å². The van der Waals surface area contributed by atoms with Crippen molar-refractivity contribution < 1.29 is 19.1 Å². The molecule has 0 unspecified atom stereocenters. The van der Waals surface area contributed by atoms with Gasteiger partial charge in [-0.2, -0.15) is 5.10 Å². The van der Waals surface area contributed by atoms with Crippen molar-refractivity contribution in [3.63, 3.8) is 0 Å². The zero-order chi connectivity index (χ0) is 22.6. The number of hydrogen-bond donors (Lipinski definition) is 2. The number of anilines is 1. The molecule has 0 spiro atoms. The van der Waals surface area contributed by atoms with E-state index in [0.717, 1.165) is 22.6 Å². The monoisotopic (exact) mass is 431 g/mol. The first-order valence-corrected chi connectivity index (χ1v) is 10.1. The van der Waals surface area contributed by atoms with Crippen molar-refractivity contribution in [1.29, 1.82) is 0 Å². The third-order valence-corrected chi connectivity index (χ3v) is 4.48. The quantitative estimate of drug-likeness (QED) is 0.373. The summed E-state index contributed by atoms with van der Waals surface area (Å²) in [5.74, 6) is 0.982. The molecule has 0 heterocycles. The van der Waals surface area contributed by atoms with Gasteiger partial charge in [0.2, 0.25) is 11.8 Å². The van der Waals surface area contributed by atoms with Crippen LogP contribution in [-0.2, 0) is 16.2 Å². The standard InChI is InChI=1S/C25H25N3O4/c1-31-22-11-9-20(10-12-22)18-32-23-13-7-19(8-14-23)17-26-28-25(30)16-15-24(29)27-21-5-3-2-4-6-21/h2-14,17H,15-16,18H2,1H3,(H,27,29)(H,28,30). The Morgan fingerprint density at radius 3 is 2.19 bits per heavy atom. The number of amides is 2. The summed E-state index contributed by atoms with van der Waals surface area (Å²) in [7, 11) is 1.63. The summed E-state index contributed by atoms with van der Waals surface area (Å²) in [6.45, 7) is 0.450. The molecule has 3 aromatic rings. The Labute approximate surface area is 187 Å². The fourth-order valence-corrected chi connectivity index (χ4v) is 2.75. The van der Waals surface area contributed by atoms with Gasteiger partial charge in [-0.15, -0.1) is 0 Å². The number of hydrogen-bond acceptors (Lipinski definition) is 5. The lowest BCUT2D eigenvalue weighted by atomic mass is 10.2. The highest BCUT2D eigenvalue weighted by molar-refractivity contribution is 5.93. The number of methoxy groups -OCH3 is 1. The van der Waals surface area contributed by atoms with Crippen LogP contribution >= 0.6 is 0 Å². The number of ether oxygens (including phenoxy) is 2. The average Bonchev–Trinajstić information content (AvgIpc) is 2.83. The predicted molar refractivity (Wildman–Crippen MR) is 124 cm³/mol. The maximum Gasteiger partial charge on any atom is 0.240 e. The van der Waals surface area contributed by atoms with Gasteiger partial charge in [-0.3, -0.25) is 9.59 Å². The summed E-state index contributed by atoms with van der Waals surface area (Å²) in [5, 5.41) is 6.67. The van der Waals surface area contributed by atoms with Gasteiger partial charge in [0.25, 0.3) is 0 Å². The van der Waals surface area contributed by atoms with Crippen LogP contribution in [0, 0.1) is 0 Å². The second-order valence-electron chi connectivity index (χ2n) is 6.91. The molecule has 0 radical (unpaired) electrons. The largest absolute Gasteiger partial charge is 0.497 e. The Balaban J connectivity index is 1.37. The van der Waals surface area contributed by atoms with Crippen LogP contribution < -0.4 is 20.2 Å². The lowest BCUT2D eigenvalue weighted by Gasteiger charge is -2.07. The molecular weight excluding hydrogens is 406 g/mol. The van der Waals surface area contributed by atoms with Crippen LogP contribution in [0.5, 0.6) is 11.5 Å². The van der Waals surface area contributed by atoms with E-state index in [1.807, 2.05) is 66.7 Å². The Hall–Kier alpha value is -4.13. The number of benzene rings is 3. The predicted octanol–water partition coefficient (Wildman–Crippen LogP) is 4.14. The maximum atomic E-state index is 11.9. The minimum atomic E-state index is -0.330. The number of nitrogens with zero attached hydrogens (tertiary/aromatic N) is 1. The summed E-state index contributed by atoms with van der Waals surface area (Å²) in [5.41, 5.74) is 4.98. The highest BCUT2D eigenvalue weighted by Crippen LogP contribution is 2.16. The van der Waals surface area contributed by atoms with Crippen LogP contribution in [0.3, 0.4) is 0 Å². The lowest BCUT2D eigenvalue weighted by Crippen LogP contribution is -2.20. The molecule has 3 rings (SSSR count). The van der Waals surface area contributed by atoms with Gasteiger partial charge in [0.15, 0.2) is 0 Å². The van der Waals surface area contributed by atoms with Crippen molar-refractivity contribution in [2.24, 2.45) is 5.10 Å². The number of hydrazone groups is 1. The van der Waals surface area contributed by atoms with Crippen molar-refractivity contribution in [2.45, 2.75) is 19.4 Å². The van der Waals surface area contributed by atoms with Crippen LogP contribution in [0.25, 0.3) is 0 Å². The molecule has 7 nitrogen and oxygen atoms in total. The van der Waals surface area contributed by atoms with Gasteiger partial charge in [0, 0.05) is 18.5 Å². The van der Waals surface area contributed by atoms with Crippen LogP contribution in [0.1, 0.15) is 24.0 Å². The second kappa shape index (κ2) is 11.9. The van der Waals surface area contributed by atoms with Gasteiger partial charge in [0.1, 0.15) is 18.1 Å². The number of para-hydroxylation sites is 1. The molecular formula is C25H25N3O4. The fraction of sp³-hybridized carbons (Fsp3) is 0.160. The van der Waals surface area contributed by atoms with Crippen LogP contribution in [0.2, 0.25) is 0 Å². The zero-order valence-electron chi connectivity index (χ0n) is 17.8. The van der Waals surface area contributed by atoms with E-state index in [-0.39, 0.29) is 24.7 Å². The minimum absolute atomic E-state index is 0.0497. The third kappa shape index (κ3) is 7.60. The summed E-state index contributed by atoms with van der Waals surface area (Å²) >= 11 is 0. The Morgan fingerprint density at radius 1 is 0.844 bits per heavy atom. The van der Waals surface area contributed by atoms with Gasteiger partial charge in [-0.1, -0.05) is 30.3 Å². The summed E-state index contributed by atoms with van der Waals surface area (Å²) in [4.78, 5) is 23.7.